The minimum absolute atomic E-state index is 0.0903. The molecule has 0 radical (unpaired) electrons. The zero-order valence-corrected chi connectivity index (χ0v) is 18.3. The van der Waals surface area contributed by atoms with Gasteiger partial charge in [0.05, 0.1) is 31.1 Å². The zero-order valence-electron chi connectivity index (χ0n) is 18.3. The quantitative estimate of drug-likeness (QED) is 0.295. The normalized spacial score (nSPS) is 16.7. The van der Waals surface area contributed by atoms with Crippen molar-refractivity contribution in [2.24, 2.45) is 4.99 Å². The molecule has 8 nitrogen and oxygen atoms in total. The molecular formula is C24H25FN2O6. The predicted octanol–water partition coefficient (Wildman–Crippen LogP) is 3.62. The van der Waals surface area contributed by atoms with Gasteiger partial charge in [0, 0.05) is 31.9 Å². The molecule has 0 saturated carbocycles. The van der Waals surface area contributed by atoms with E-state index < -0.39 is 17.5 Å². The first-order valence-corrected chi connectivity index (χ1v) is 10.7. The number of halogens is 1. The van der Waals surface area contributed by atoms with E-state index in [0.29, 0.717) is 36.9 Å². The highest BCUT2D eigenvalue weighted by atomic mass is 19.1. The lowest BCUT2D eigenvalue weighted by molar-refractivity contribution is -0.137. The van der Waals surface area contributed by atoms with Gasteiger partial charge in [0.1, 0.15) is 17.1 Å². The second-order valence-corrected chi connectivity index (χ2v) is 7.48. The van der Waals surface area contributed by atoms with Crippen molar-refractivity contribution < 1.29 is 33.2 Å². The fraction of sp³-hybridized carbons (Fsp3) is 0.333. The Labute approximate surface area is 190 Å². The maximum absolute atomic E-state index is 14.7. The van der Waals surface area contributed by atoms with E-state index >= 15 is 0 Å². The van der Waals surface area contributed by atoms with Crippen LogP contribution in [0, 0.1) is 5.82 Å². The molecular weight excluding hydrogens is 431 g/mol. The summed E-state index contributed by atoms with van der Waals surface area (Å²) in [7, 11) is 0. The van der Waals surface area contributed by atoms with Crippen LogP contribution in [0.15, 0.2) is 47.0 Å². The Hall–Kier alpha value is -3.43. The van der Waals surface area contributed by atoms with Crippen molar-refractivity contribution in [1.29, 1.82) is 0 Å². The van der Waals surface area contributed by atoms with Crippen molar-refractivity contribution in [3.63, 3.8) is 0 Å². The SMILES string of the molecule is CCOC(=O)C(C=Nc1ccc2c(c1)OCO2)=C(O)c1cc(CN2CCOCC2)ccc1F. The van der Waals surface area contributed by atoms with Crippen LogP contribution in [-0.4, -0.2) is 61.9 Å². The number of benzene rings is 2. The van der Waals surface area contributed by atoms with Gasteiger partial charge in [0.2, 0.25) is 6.79 Å². The van der Waals surface area contributed by atoms with Crippen LogP contribution in [0.5, 0.6) is 11.5 Å². The van der Waals surface area contributed by atoms with Crippen LogP contribution >= 0.6 is 0 Å². The summed E-state index contributed by atoms with van der Waals surface area (Å²) in [6, 6.07) is 9.48. The Morgan fingerprint density at radius 2 is 1.97 bits per heavy atom. The minimum atomic E-state index is -0.808. The van der Waals surface area contributed by atoms with Crippen molar-refractivity contribution in [3.05, 3.63) is 58.9 Å². The third kappa shape index (κ3) is 5.50. The maximum Gasteiger partial charge on any atom is 0.343 e. The third-order valence-corrected chi connectivity index (χ3v) is 5.25. The highest BCUT2D eigenvalue weighted by molar-refractivity contribution is 6.15. The summed E-state index contributed by atoms with van der Waals surface area (Å²) in [5, 5.41) is 10.9. The number of hydrogen-bond donors (Lipinski definition) is 1. The van der Waals surface area contributed by atoms with Crippen molar-refractivity contribution in [1.82, 2.24) is 4.90 Å². The largest absolute Gasteiger partial charge is 0.506 e. The van der Waals surface area contributed by atoms with Crippen molar-refractivity contribution >= 4 is 23.6 Å². The van der Waals surface area contributed by atoms with Gasteiger partial charge in [-0.1, -0.05) is 6.07 Å². The first-order valence-electron chi connectivity index (χ1n) is 10.7. The molecule has 0 spiro atoms. The Morgan fingerprint density at radius 3 is 2.76 bits per heavy atom. The highest BCUT2D eigenvalue weighted by Crippen LogP contribution is 2.35. The fourth-order valence-corrected chi connectivity index (χ4v) is 3.54. The molecule has 9 heteroatoms. The molecule has 2 aromatic rings. The molecule has 0 unspecified atom stereocenters. The van der Waals surface area contributed by atoms with E-state index in [1.165, 1.54) is 18.3 Å². The van der Waals surface area contributed by atoms with Crippen LogP contribution in [0.3, 0.4) is 0 Å². The van der Waals surface area contributed by atoms with Crippen LogP contribution in [0.1, 0.15) is 18.1 Å². The van der Waals surface area contributed by atoms with Gasteiger partial charge in [-0.15, -0.1) is 0 Å². The number of esters is 1. The second kappa shape index (κ2) is 10.5. The summed E-state index contributed by atoms with van der Waals surface area (Å²) in [4.78, 5) is 19.0. The van der Waals surface area contributed by atoms with E-state index in [9.17, 15) is 14.3 Å². The molecule has 2 aromatic carbocycles. The molecule has 2 aliphatic rings. The van der Waals surface area contributed by atoms with Crippen LogP contribution in [-0.2, 0) is 20.8 Å². The monoisotopic (exact) mass is 456 g/mol. The molecule has 0 amide bonds. The van der Waals surface area contributed by atoms with E-state index in [2.05, 4.69) is 9.89 Å². The number of rotatable bonds is 7. The highest BCUT2D eigenvalue weighted by Gasteiger charge is 2.21. The zero-order chi connectivity index (χ0) is 23.2. The summed E-state index contributed by atoms with van der Waals surface area (Å²) in [5.41, 5.74) is 0.920. The first kappa shape index (κ1) is 22.8. The van der Waals surface area contributed by atoms with Crippen LogP contribution in [0.2, 0.25) is 0 Å². The Bertz CT molecular complexity index is 1080. The number of aliphatic hydroxyl groups is 1. The minimum Gasteiger partial charge on any atom is -0.506 e. The van der Waals surface area contributed by atoms with E-state index in [4.69, 9.17) is 18.9 Å². The summed E-state index contributed by atoms with van der Waals surface area (Å²) in [6.45, 7) is 5.25. The van der Waals surface area contributed by atoms with E-state index in [1.54, 1.807) is 31.2 Å². The Morgan fingerprint density at radius 1 is 1.18 bits per heavy atom. The average molecular weight is 456 g/mol. The molecule has 0 aliphatic carbocycles. The number of hydrogen-bond acceptors (Lipinski definition) is 8. The van der Waals surface area contributed by atoms with E-state index in [-0.39, 0.29) is 24.5 Å². The van der Waals surface area contributed by atoms with Crippen LogP contribution in [0.25, 0.3) is 5.76 Å². The maximum atomic E-state index is 14.7. The molecule has 4 rings (SSSR count). The molecule has 174 valence electrons. The second-order valence-electron chi connectivity index (χ2n) is 7.48. The van der Waals surface area contributed by atoms with Crippen LogP contribution < -0.4 is 9.47 Å². The number of aliphatic hydroxyl groups excluding tert-OH is 1. The number of fused-ring (bicyclic) bond motifs is 1. The number of nitrogens with zero attached hydrogens (tertiary/aromatic N) is 2. The number of carbonyl (C=O) groups is 1. The molecule has 0 bridgehead atoms. The Kier molecular flexibility index (Phi) is 7.21. The number of ether oxygens (including phenoxy) is 4. The van der Waals surface area contributed by atoms with Gasteiger partial charge in [0.15, 0.2) is 11.5 Å². The van der Waals surface area contributed by atoms with E-state index in [0.717, 1.165) is 18.7 Å². The predicted molar refractivity (Wildman–Crippen MR) is 119 cm³/mol. The van der Waals surface area contributed by atoms with Gasteiger partial charge in [-0.2, -0.15) is 0 Å². The lowest BCUT2D eigenvalue weighted by Gasteiger charge is -2.26. The van der Waals surface area contributed by atoms with Crippen molar-refractivity contribution in [3.8, 4) is 11.5 Å². The topological polar surface area (TPSA) is 89.8 Å². The molecule has 2 heterocycles. The van der Waals surface area contributed by atoms with Crippen molar-refractivity contribution in [2.45, 2.75) is 13.5 Å². The van der Waals surface area contributed by atoms with Gasteiger partial charge in [-0.25, -0.2) is 9.18 Å². The Balaban J connectivity index is 1.65. The molecule has 1 N–H and O–H groups in total. The summed E-state index contributed by atoms with van der Waals surface area (Å²) < 4.78 is 35.7. The average Bonchev–Trinajstić information content (AvgIpc) is 3.29. The van der Waals surface area contributed by atoms with Gasteiger partial charge >= 0.3 is 5.97 Å². The lowest BCUT2D eigenvalue weighted by atomic mass is 10.0. The van der Waals surface area contributed by atoms with Gasteiger partial charge in [-0.3, -0.25) is 9.89 Å². The molecule has 33 heavy (non-hydrogen) atoms. The van der Waals surface area contributed by atoms with Crippen molar-refractivity contribution in [2.75, 3.05) is 39.7 Å². The molecule has 1 fully saturated rings. The summed E-state index contributed by atoms with van der Waals surface area (Å²) >= 11 is 0. The number of aliphatic imine (C=N–C) groups is 1. The van der Waals surface area contributed by atoms with Crippen LogP contribution in [0.4, 0.5) is 10.1 Å². The summed E-state index contributed by atoms with van der Waals surface area (Å²) in [5.74, 6) is -0.886. The standard InChI is InChI=1S/C24H25FN2O6/c1-2-31-24(29)19(13-26-17-4-6-21-22(12-17)33-15-32-21)23(28)18-11-16(3-5-20(18)25)14-27-7-9-30-10-8-27/h3-6,11-13,28H,2,7-10,14-15H2,1H3. The molecule has 0 aromatic heterocycles. The first-order chi connectivity index (χ1) is 16.0. The third-order valence-electron chi connectivity index (χ3n) is 5.25. The van der Waals surface area contributed by atoms with Gasteiger partial charge in [0.25, 0.3) is 0 Å². The fourth-order valence-electron chi connectivity index (χ4n) is 3.54. The lowest BCUT2D eigenvalue weighted by Crippen LogP contribution is -2.35. The number of morpholine rings is 1. The van der Waals surface area contributed by atoms with Gasteiger partial charge < -0.3 is 24.1 Å². The smallest absolute Gasteiger partial charge is 0.343 e. The van der Waals surface area contributed by atoms with Gasteiger partial charge in [-0.05, 0) is 36.8 Å². The molecule has 2 aliphatic heterocycles. The molecule has 1 saturated heterocycles. The number of carbonyl (C=O) groups excluding carboxylic acids is 1. The van der Waals surface area contributed by atoms with E-state index in [1.807, 2.05) is 0 Å². The molecule has 0 atom stereocenters. The summed E-state index contributed by atoms with van der Waals surface area (Å²) in [6.07, 6.45) is 1.17.